The van der Waals surface area contributed by atoms with Crippen LogP contribution in [0.2, 0.25) is 0 Å². The molecule has 5 nitrogen and oxygen atoms in total. The second-order valence-electron chi connectivity index (χ2n) is 4.73. The Morgan fingerprint density at radius 3 is 2.77 bits per heavy atom. The van der Waals surface area contributed by atoms with Crippen molar-refractivity contribution in [1.82, 2.24) is 4.98 Å². The number of aromatic amines is 1. The fraction of sp³-hybridized carbons (Fsp3) is 0.118. The van der Waals surface area contributed by atoms with E-state index in [4.69, 9.17) is 9.47 Å². The molecule has 0 aliphatic rings. The molecule has 3 aromatic rings. The number of hydrogen-bond donors (Lipinski definition) is 2. The molecule has 1 heterocycles. The molecule has 1 aromatic heterocycles. The molecule has 112 valence electrons. The molecular formula is C17H16N2O3. The van der Waals surface area contributed by atoms with Crippen molar-refractivity contribution in [2.75, 3.05) is 19.0 Å². The molecule has 1 amide bonds. The van der Waals surface area contributed by atoms with E-state index in [9.17, 15) is 4.79 Å². The van der Waals surface area contributed by atoms with Crippen molar-refractivity contribution in [3.63, 3.8) is 0 Å². The summed E-state index contributed by atoms with van der Waals surface area (Å²) in [6, 6.07) is 14.8. The number of amides is 1. The van der Waals surface area contributed by atoms with Crippen LogP contribution >= 0.6 is 0 Å². The number of nitrogens with one attached hydrogen (secondary N) is 2. The molecule has 5 heteroatoms. The number of para-hydroxylation sites is 2. The van der Waals surface area contributed by atoms with E-state index < -0.39 is 0 Å². The van der Waals surface area contributed by atoms with Gasteiger partial charge in [0.25, 0.3) is 5.91 Å². The van der Waals surface area contributed by atoms with Crippen molar-refractivity contribution >= 4 is 22.5 Å². The molecule has 0 spiro atoms. The van der Waals surface area contributed by atoms with Gasteiger partial charge in [0.2, 0.25) is 0 Å². The second-order valence-corrected chi connectivity index (χ2v) is 4.73. The number of ether oxygens (including phenoxy) is 2. The van der Waals surface area contributed by atoms with E-state index in [0.717, 1.165) is 10.9 Å². The number of carbonyl (C=O) groups excluding carboxylic acids is 1. The molecular weight excluding hydrogens is 280 g/mol. The first-order valence-corrected chi connectivity index (χ1v) is 6.89. The van der Waals surface area contributed by atoms with Gasteiger partial charge >= 0.3 is 0 Å². The molecule has 3 rings (SSSR count). The number of methoxy groups -OCH3 is 1. The Kier molecular flexibility index (Phi) is 3.96. The van der Waals surface area contributed by atoms with Gasteiger partial charge in [0, 0.05) is 17.1 Å². The SMILES string of the molecule is COc1ccccc1NC(=O)COc1cccc2[nH]ccc12. The minimum atomic E-state index is -0.239. The summed E-state index contributed by atoms with van der Waals surface area (Å²) in [6.07, 6.45) is 1.84. The smallest absolute Gasteiger partial charge is 0.262 e. The van der Waals surface area contributed by atoms with Crippen LogP contribution in [0.1, 0.15) is 0 Å². The highest BCUT2D eigenvalue weighted by Gasteiger charge is 2.09. The predicted molar refractivity (Wildman–Crippen MR) is 85.4 cm³/mol. The average Bonchev–Trinajstić information content (AvgIpc) is 3.02. The molecule has 22 heavy (non-hydrogen) atoms. The predicted octanol–water partition coefficient (Wildman–Crippen LogP) is 3.19. The summed E-state index contributed by atoms with van der Waals surface area (Å²) < 4.78 is 10.8. The van der Waals surface area contributed by atoms with E-state index >= 15 is 0 Å². The van der Waals surface area contributed by atoms with Gasteiger partial charge < -0.3 is 19.8 Å². The van der Waals surface area contributed by atoms with Gasteiger partial charge in [-0.3, -0.25) is 4.79 Å². The van der Waals surface area contributed by atoms with Crippen molar-refractivity contribution in [3.05, 3.63) is 54.7 Å². The Balaban J connectivity index is 1.66. The molecule has 0 bridgehead atoms. The van der Waals surface area contributed by atoms with Gasteiger partial charge in [-0.2, -0.15) is 0 Å². The summed E-state index contributed by atoms with van der Waals surface area (Å²) in [5.74, 6) is 1.05. The third kappa shape index (κ3) is 2.88. The van der Waals surface area contributed by atoms with Crippen LogP contribution in [-0.2, 0) is 4.79 Å². The number of H-pyrrole nitrogens is 1. The number of rotatable bonds is 5. The first kappa shape index (κ1) is 14.0. The summed E-state index contributed by atoms with van der Waals surface area (Å²) in [5.41, 5.74) is 1.60. The Labute approximate surface area is 127 Å². The normalized spacial score (nSPS) is 10.4. The third-order valence-corrected chi connectivity index (χ3v) is 3.29. The Hall–Kier alpha value is -2.95. The van der Waals surface area contributed by atoms with Gasteiger partial charge in [0.15, 0.2) is 6.61 Å². The van der Waals surface area contributed by atoms with Crippen molar-refractivity contribution in [2.45, 2.75) is 0 Å². The van der Waals surface area contributed by atoms with E-state index in [1.165, 1.54) is 0 Å². The standard InChI is InChI=1S/C17H16N2O3/c1-21-16-7-3-2-5-14(16)19-17(20)11-22-15-8-4-6-13-12(15)9-10-18-13/h2-10,18H,11H2,1H3,(H,19,20). The van der Waals surface area contributed by atoms with E-state index in [1.807, 2.05) is 42.6 Å². The summed E-state index contributed by atoms with van der Waals surface area (Å²) in [7, 11) is 1.56. The van der Waals surface area contributed by atoms with Gasteiger partial charge in [-0.15, -0.1) is 0 Å². The lowest BCUT2D eigenvalue weighted by molar-refractivity contribution is -0.118. The fourth-order valence-corrected chi connectivity index (χ4v) is 2.26. The van der Waals surface area contributed by atoms with Crippen LogP contribution in [0.25, 0.3) is 10.9 Å². The van der Waals surface area contributed by atoms with Gasteiger partial charge in [-0.1, -0.05) is 18.2 Å². The lowest BCUT2D eigenvalue weighted by Crippen LogP contribution is -2.20. The van der Waals surface area contributed by atoms with Gasteiger partial charge in [-0.05, 0) is 30.3 Å². The summed E-state index contributed by atoms with van der Waals surface area (Å²) in [5, 5.41) is 3.73. The Morgan fingerprint density at radius 1 is 1.09 bits per heavy atom. The van der Waals surface area contributed by atoms with Crippen LogP contribution in [-0.4, -0.2) is 24.6 Å². The highest BCUT2D eigenvalue weighted by Crippen LogP contribution is 2.25. The molecule has 0 aliphatic heterocycles. The van der Waals surface area contributed by atoms with E-state index in [2.05, 4.69) is 10.3 Å². The Bertz CT molecular complexity index is 795. The topological polar surface area (TPSA) is 63.4 Å². The summed E-state index contributed by atoms with van der Waals surface area (Å²) in [6.45, 7) is -0.0671. The van der Waals surface area contributed by atoms with Gasteiger partial charge in [-0.25, -0.2) is 0 Å². The number of hydrogen-bond acceptors (Lipinski definition) is 3. The lowest BCUT2D eigenvalue weighted by atomic mass is 10.2. The highest BCUT2D eigenvalue weighted by atomic mass is 16.5. The zero-order chi connectivity index (χ0) is 15.4. The van der Waals surface area contributed by atoms with Crippen LogP contribution in [0, 0.1) is 0 Å². The third-order valence-electron chi connectivity index (χ3n) is 3.29. The number of aromatic nitrogens is 1. The molecule has 2 aromatic carbocycles. The monoisotopic (exact) mass is 296 g/mol. The first-order valence-electron chi connectivity index (χ1n) is 6.89. The maximum Gasteiger partial charge on any atom is 0.262 e. The summed E-state index contributed by atoms with van der Waals surface area (Å²) >= 11 is 0. The largest absolute Gasteiger partial charge is 0.495 e. The fourth-order valence-electron chi connectivity index (χ4n) is 2.26. The van der Waals surface area contributed by atoms with Gasteiger partial charge in [0.1, 0.15) is 11.5 Å². The minimum absolute atomic E-state index is 0.0671. The van der Waals surface area contributed by atoms with Crippen LogP contribution in [0.15, 0.2) is 54.7 Å². The van der Waals surface area contributed by atoms with Crippen LogP contribution in [0.5, 0.6) is 11.5 Å². The van der Waals surface area contributed by atoms with Gasteiger partial charge in [0.05, 0.1) is 12.8 Å². The maximum atomic E-state index is 12.0. The quantitative estimate of drug-likeness (QED) is 0.760. The van der Waals surface area contributed by atoms with E-state index in [0.29, 0.717) is 17.2 Å². The zero-order valence-electron chi connectivity index (χ0n) is 12.1. The second kappa shape index (κ2) is 6.22. The first-order chi connectivity index (χ1) is 10.8. The van der Waals surface area contributed by atoms with Crippen molar-refractivity contribution in [2.24, 2.45) is 0 Å². The lowest BCUT2D eigenvalue weighted by Gasteiger charge is -2.11. The minimum Gasteiger partial charge on any atom is -0.495 e. The molecule has 0 saturated heterocycles. The molecule has 0 atom stereocenters. The molecule has 2 N–H and O–H groups in total. The summed E-state index contributed by atoms with van der Waals surface area (Å²) in [4.78, 5) is 15.1. The average molecular weight is 296 g/mol. The number of carbonyl (C=O) groups is 1. The van der Waals surface area contributed by atoms with Crippen LogP contribution < -0.4 is 14.8 Å². The molecule has 0 saturated carbocycles. The van der Waals surface area contributed by atoms with Crippen LogP contribution in [0.4, 0.5) is 5.69 Å². The van der Waals surface area contributed by atoms with Crippen molar-refractivity contribution < 1.29 is 14.3 Å². The van der Waals surface area contributed by atoms with E-state index in [1.54, 1.807) is 19.2 Å². The highest BCUT2D eigenvalue weighted by molar-refractivity contribution is 5.94. The van der Waals surface area contributed by atoms with Crippen molar-refractivity contribution in [1.29, 1.82) is 0 Å². The number of benzene rings is 2. The zero-order valence-corrected chi connectivity index (χ0v) is 12.1. The molecule has 0 unspecified atom stereocenters. The molecule has 0 radical (unpaired) electrons. The van der Waals surface area contributed by atoms with Crippen LogP contribution in [0.3, 0.4) is 0 Å². The Morgan fingerprint density at radius 2 is 1.91 bits per heavy atom. The molecule has 0 fully saturated rings. The molecule has 0 aliphatic carbocycles. The number of anilines is 1. The maximum absolute atomic E-state index is 12.0. The number of fused-ring (bicyclic) bond motifs is 1. The van der Waals surface area contributed by atoms with E-state index in [-0.39, 0.29) is 12.5 Å². The van der Waals surface area contributed by atoms with Crippen molar-refractivity contribution in [3.8, 4) is 11.5 Å².